The van der Waals surface area contributed by atoms with E-state index in [0.29, 0.717) is 29.4 Å². The largest absolute Gasteiger partial charge is 0.493 e. The second-order valence-corrected chi connectivity index (χ2v) is 6.68. The van der Waals surface area contributed by atoms with E-state index in [1.165, 1.54) is 0 Å². The highest BCUT2D eigenvalue weighted by Gasteiger charge is 2.31. The number of hydrogen-bond acceptors (Lipinski definition) is 5. The van der Waals surface area contributed by atoms with Gasteiger partial charge in [-0.15, -0.1) is 0 Å². The number of nitrogens with one attached hydrogen (secondary N) is 1. The molecule has 1 atom stereocenters. The number of benzene rings is 2. The fourth-order valence-electron chi connectivity index (χ4n) is 3.27. The highest BCUT2D eigenvalue weighted by molar-refractivity contribution is 9.10. The summed E-state index contributed by atoms with van der Waals surface area (Å²) >= 11 is 3.60. The summed E-state index contributed by atoms with van der Waals surface area (Å²) in [6.45, 7) is 0.191. The fraction of sp³-hybridized carbons (Fsp3) is 0.278. The quantitative estimate of drug-likeness (QED) is 0.843. The second kappa shape index (κ2) is 6.15. The lowest BCUT2D eigenvalue weighted by molar-refractivity contribution is -0.116. The Kier molecular flexibility index (Phi) is 3.95. The molecule has 0 saturated heterocycles. The number of carbonyl (C=O) groups is 1. The van der Waals surface area contributed by atoms with E-state index >= 15 is 0 Å². The third kappa shape index (κ3) is 2.68. The lowest BCUT2D eigenvalue weighted by atomic mass is 9.84. The number of anilines is 1. The smallest absolute Gasteiger partial charge is 0.231 e. The van der Waals surface area contributed by atoms with E-state index in [9.17, 15) is 4.79 Å². The number of ether oxygens (including phenoxy) is 4. The minimum Gasteiger partial charge on any atom is -0.493 e. The first-order valence-electron chi connectivity index (χ1n) is 7.75. The molecule has 0 saturated carbocycles. The molecule has 0 radical (unpaired) electrons. The number of hydrogen-bond donors (Lipinski definition) is 1. The maximum absolute atomic E-state index is 12.2. The highest BCUT2D eigenvalue weighted by Crippen LogP contribution is 2.47. The summed E-state index contributed by atoms with van der Waals surface area (Å²) in [5.74, 6) is 2.41. The van der Waals surface area contributed by atoms with Crippen LogP contribution in [0.1, 0.15) is 23.5 Å². The van der Waals surface area contributed by atoms with E-state index < -0.39 is 0 Å². The average Bonchev–Trinajstić information content (AvgIpc) is 3.06. The van der Waals surface area contributed by atoms with Gasteiger partial charge in [-0.2, -0.15) is 0 Å². The molecule has 0 bridgehead atoms. The van der Waals surface area contributed by atoms with Crippen molar-refractivity contribution in [2.75, 3.05) is 26.3 Å². The van der Waals surface area contributed by atoms with Gasteiger partial charge >= 0.3 is 0 Å². The highest BCUT2D eigenvalue weighted by atomic mass is 79.9. The van der Waals surface area contributed by atoms with E-state index in [1.807, 2.05) is 24.3 Å². The summed E-state index contributed by atoms with van der Waals surface area (Å²) < 4.78 is 22.5. The van der Waals surface area contributed by atoms with Crippen molar-refractivity contribution in [1.29, 1.82) is 0 Å². The Labute approximate surface area is 153 Å². The van der Waals surface area contributed by atoms with Gasteiger partial charge in [-0.3, -0.25) is 4.79 Å². The van der Waals surface area contributed by atoms with Gasteiger partial charge in [0.15, 0.2) is 23.0 Å². The van der Waals surface area contributed by atoms with E-state index in [4.69, 9.17) is 18.9 Å². The molecule has 6 nitrogen and oxygen atoms in total. The fourth-order valence-corrected chi connectivity index (χ4v) is 3.86. The molecule has 130 valence electrons. The van der Waals surface area contributed by atoms with Gasteiger partial charge < -0.3 is 24.3 Å². The molecule has 0 spiro atoms. The van der Waals surface area contributed by atoms with Crippen LogP contribution in [0, 0.1) is 0 Å². The predicted octanol–water partition coefficient (Wildman–Crippen LogP) is 3.67. The molecule has 0 fully saturated rings. The number of carbonyl (C=O) groups excluding carboxylic acids is 1. The zero-order valence-corrected chi connectivity index (χ0v) is 15.3. The van der Waals surface area contributed by atoms with Crippen LogP contribution in [0.15, 0.2) is 28.7 Å². The lowest BCUT2D eigenvalue weighted by Gasteiger charge is -2.27. The van der Waals surface area contributed by atoms with Gasteiger partial charge in [0.1, 0.15) is 0 Å². The Hall–Kier alpha value is -2.41. The van der Waals surface area contributed by atoms with Gasteiger partial charge in [0, 0.05) is 28.6 Å². The molecule has 0 aliphatic carbocycles. The molecule has 1 amide bonds. The van der Waals surface area contributed by atoms with Gasteiger partial charge in [0.25, 0.3) is 0 Å². The van der Waals surface area contributed by atoms with E-state index in [1.54, 1.807) is 14.2 Å². The minimum atomic E-state index is -0.132. The Morgan fingerprint density at radius 3 is 2.44 bits per heavy atom. The van der Waals surface area contributed by atoms with Crippen LogP contribution in [-0.4, -0.2) is 26.9 Å². The van der Waals surface area contributed by atoms with Crippen LogP contribution in [0.4, 0.5) is 5.69 Å². The van der Waals surface area contributed by atoms with Crippen molar-refractivity contribution in [3.63, 3.8) is 0 Å². The molecular formula is C18H16BrNO5. The monoisotopic (exact) mass is 405 g/mol. The first-order chi connectivity index (χ1) is 12.1. The van der Waals surface area contributed by atoms with Gasteiger partial charge in [-0.05, 0) is 29.3 Å². The van der Waals surface area contributed by atoms with Crippen molar-refractivity contribution >= 4 is 27.5 Å². The molecule has 7 heteroatoms. The first kappa shape index (κ1) is 16.1. The molecule has 0 aromatic heterocycles. The first-order valence-corrected chi connectivity index (χ1v) is 8.55. The lowest BCUT2D eigenvalue weighted by Crippen LogP contribution is -2.23. The molecule has 25 heavy (non-hydrogen) atoms. The van der Waals surface area contributed by atoms with Crippen LogP contribution >= 0.6 is 15.9 Å². The molecule has 2 aliphatic rings. The van der Waals surface area contributed by atoms with Crippen molar-refractivity contribution < 1.29 is 23.7 Å². The van der Waals surface area contributed by atoms with Crippen molar-refractivity contribution in [2.45, 2.75) is 12.3 Å². The van der Waals surface area contributed by atoms with Crippen LogP contribution in [0.25, 0.3) is 0 Å². The summed E-state index contributed by atoms with van der Waals surface area (Å²) in [4.78, 5) is 12.2. The topological polar surface area (TPSA) is 66.0 Å². The number of halogens is 1. The molecular weight excluding hydrogens is 390 g/mol. The molecule has 2 aromatic carbocycles. The number of rotatable bonds is 3. The Balaban J connectivity index is 1.86. The van der Waals surface area contributed by atoms with Gasteiger partial charge in [-0.25, -0.2) is 0 Å². The summed E-state index contributed by atoms with van der Waals surface area (Å²) in [6.07, 6.45) is 0.334. The Morgan fingerprint density at radius 2 is 1.72 bits per heavy atom. The van der Waals surface area contributed by atoms with Crippen LogP contribution in [0.5, 0.6) is 23.0 Å². The van der Waals surface area contributed by atoms with E-state index in [2.05, 4.69) is 21.2 Å². The third-order valence-corrected chi connectivity index (χ3v) is 5.15. The Bertz CT molecular complexity index is 867. The van der Waals surface area contributed by atoms with Gasteiger partial charge in [0.05, 0.1) is 14.2 Å². The molecule has 2 aliphatic heterocycles. The van der Waals surface area contributed by atoms with Crippen molar-refractivity contribution in [3.8, 4) is 23.0 Å². The zero-order valence-electron chi connectivity index (χ0n) is 13.7. The maximum Gasteiger partial charge on any atom is 0.231 e. The van der Waals surface area contributed by atoms with Gasteiger partial charge in [-0.1, -0.05) is 15.9 Å². The van der Waals surface area contributed by atoms with Crippen molar-refractivity contribution in [1.82, 2.24) is 0 Å². The summed E-state index contributed by atoms with van der Waals surface area (Å²) in [5, 5.41) is 2.91. The summed E-state index contributed by atoms with van der Waals surface area (Å²) in [5.41, 5.74) is 2.68. The predicted molar refractivity (Wildman–Crippen MR) is 94.9 cm³/mol. The SMILES string of the molecule is COc1cc(Br)c([C@H]2CC(=O)Nc3cc4c(cc32)OCO4)cc1OC. The molecule has 2 heterocycles. The van der Waals surface area contributed by atoms with Crippen molar-refractivity contribution in [2.24, 2.45) is 0 Å². The zero-order chi connectivity index (χ0) is 17.6. The standard InChI is InChI=1S/C18H16BrNO5/c1-22-14-3-10(12(19)6-15(14)23-2)9-5-18(21)20-13-7-17-16(4-11(9)13)24-8-25-17/h3-4,6-7,9H,5,8H2,1-2H3,(H,20,21)/t9-/m1/s1. The second-order valence-electron chi connectivity index (χ2n) is 5.83. The Morgan fingerprint density at radius 1 is 1.04 bits per heavy atom. The van der Waals surface area contributed by atoms with Crippen LogP contribution in [-0.2, 0) is 4.79 Å². The van der Waals surface area contributed by atoms with Crippen molar-refractivity contribution in [3.05, 3.63) is 39.9 Å². The summed E-state index contributed by atoms with van der Waals surface area (Å²) in [7, 11) is 3.18. The molecule has 2 aromatic rings. The number of fused-ring (bicyclic) bond motifs is 2. The van der Waals surface area contributed by atoms with Gasteiger partial charge in [0.2, 0.25) is 12.7 Å². The van der Waals surface area contributed by atoms with Crippen LogP contribution in [0.2, 0.25) is 0 Å². The molecule has 0 unspecified atom stereocenters. The van der Waals surface area contributed by atoms with Crippen LogP contribution < -0.4 is 24.3 Å². The average molecular weight is 406 g/mol. The summed E-state index contributed by atoms with van der Waals surface area (Å²) in [6, 6.07) is 7.51. The molecule has 1 N–H and O–H groups in total. The normalized spacial score (nSPS) is 17.7. The van der Waals surface area contributed by atoms with E-state index in [-0.39, 0.29) is 18.6 Å². The maximum atomic E-state index is 12.2. The number of methoxy groups -OCH3 is 2. The number of amides is 1. The third-order valence-electron chi connectivity index (χ3n) is 4.46. The van der Waals surface area contributed by atoms with Crippen LogP contribution in [0.3, 0.4) is 0 Å². The molecule has 4 rings (SSSR count). The van der Waals surface area contributed by atoms with E-state index in [0.717, 1.165) is 21.3 Å². The minimum absolute atomic E-state index is 0.0435.